The van der Waals surface area contributed by atoms with Gasteiger partial charge in [-0.3, -0.25) is 11.3 Å². The molecule has 0 bridgehead atoms. The molecule has 8 heavy (non-hydrogen) atoms. The predicted octanol–water partition coefficient (Wildman–Crippen LogP) is -0.646. The summed E-state index contributed by atoms with van der Waals surface area (Å²) in [5, 5.41) is 0. The van der Waals surface area contributed by atoms with Crippen molar-refractivity contribution in [3.05, 3.63) is 0 Å². The molecule has 0 aromatic rings. The summed E-state index contributed by atoms with van der Waals surface area (Å²) in [5.41, 5.74) is 8.23. The first kappa shape index (κ1) is 6.73. The number of hydrogen-bond acceptors (Lipinski definition) is 3. The summed E-state index contributed by atoms with van der Waals surface area (Å²) >= 11 is 2.35. The maximum atomic E-state index is 5.42. The third-order valence-corrected chi connectivity index (χ3v) is 3.27. The molecule has 0 spiro atoms. The maximum absolute atomic E-state index is 5.42. The Bertz CT molecular complexity index is 85.8. The van der Waals surface area contributed by atoms with Crippen molar-refractivity contribution in [1.82, 2.24) is 5.43 Å². The summed E-state index contributed by atoms with van der Waals surface area (Å²) in [5.74, 6) is 5.23. The predicted molar refractivity (Wildman–Crippen MR) is 41.5 cm³/mol. The average Bonchev–Trinajstić information content (AvgIpc) is 2.43. The fraction of sp³-hybridized carbons (Fsp3) is 1.00. The first-order valence-electron chi connectivity index (χ1n) is 2.57. The molecule has 1 aliphatic rings. The minimum absolute atomic E-state index is 0.0839. The van der Waals surface area contributed by atoms with Gasteiger partial charge in [0.15, 0.2) is 0 Å². The third kappa shape index (κ3) is 0.854. The van der Waals surface area contributed by atoms with E-state index in [-0.39, 0.29) is 5.54 Å². The first-order valence-corrected chi connectivity index (χ1v) is 3.81. The molecule has 0 aliphatic heterocycles. The van der Waals surface area contributed by atoms with Crippen LogP contribution < -0.4 is 17.0 Å². The molecule has 4 heteroatoms. The molecule has 1 fully saturated rings. The van der Waals surface area contributed by atoms with Crippen LogP contribution in [0.4, 0.5) is 0 Å². The maximum Gasteiger partial charge on any atom is 0.0571 e. The molecule has 1 rings (SSSR count). The lowest BCUT2D eigenvalue weighted by atomic mass is 10.3. The Morgan fingerprint density at radius 3 is 2.38 bits per heavy atom. The van der Waals surface area contributed by atoms with Crippen molar-refractivity contribution in [3.63, 3.8) is 0 Å². The van der Waals surface area contributed by atoms with Crippen molar-refractivity contribution < 1.29 is 0 Å². The number of nitrogens with two attached hydrogens (primary N) is 2. The first-order chi connectivity index (χ1) is 3.75. The zero-order valence-electron chi connectivity index (χ0n) is 4.52. The van der Waals surface area contributed by atoms with Gasteiger partial charge in [-0.1, -0.05) is 22.6 Å². The van der Waals surface area contributed by atoms with Crippen molar-refractivity contribution in [3.8, 4) is 0 Å². The Balaban J connectivity index is 2.39. The van der Waals surface area contributed by atoms with E-state index in [4.69, 9.17) is 11.6 Å². The smallest absolute Gasteiger partial charge is 0.0571 e. The lowest BCUT2D eigenvalue weighted by molar-refractivity contribution is 0.530. The minimum Gasteiger partial charge on any atom is -0.329 e. The molecule has 0 aromatic heterocycles. The number of hydrazine groups is 1. The Kier molecular flexibility index (Phi) is 1.76. The number of nitrogens with one attached hydrogen (secondary N) is 1. The van der Waals surface area contributed by atoms with Gasteiger partial charge >= 0.3 is 0 Å². The van der Waals surface area contributed by atoms with Crippen molar-refractivity contribution >= 4 is 22.6 Å². The molecule has 1 saturated carbocycles. The fourth-order valence-corrected chi connectivity index (χ4v) is 1.90. The van der Waals surface area contributed by atoms with Gasteiger partial charge in [-0.25, -0.2) is 0 Å². The quantitative estimate of drug-likeness (QED) is 0.254. The van der Waals surface area contributed by atoms with Crippen molar-refractivity contribution in [2.24, 2.45) is 11.6 Å². The highest BCUT2D eigenvalue weighted by atomic mass is 127. The zero-order valence-corrected chi connectivity index (χ0v) is 6.68. The second-order valence-electron chi connectivity index (χ2n) is 2.18. The lowest BCUT2D eigenvalue weighted by Gasteiger charge is -2.09. The standard InChI is InChI=1S/C4H10IN3/c5-3-1-4(3,2-6)8-7/h3,8H,1-2,6-7H2. The fourth-order valence-electron chi connectivity index (χ4n) is 0.680. The van der Waals surface area contributed by atoms with Gasteiger partial charge in [-0.2, -0.15) is 0 Å². The second-order valence-corrected chi connectivity index (χ2v) is 3.68. The topological polar surface area (TPSA) is 64.1 Å². The van der Waals surface area contributed by atoms with E-state index in [0.29, 0.717) is 10.5 Å². The highest BCUT2D eigenvalue weighted by Gasteiger charge is 2.50. The van der Waals surface area contributed by atoms with Gasteiger partial charge in [0.1, 0.15) is 0 Å². The van der Waals surface area contributed by atoms with Gasteiger partial charge in [0.25, 0.3) is 0 Å². The van der Waals surface area contributed by atoms with E-state index in [1.54, 1.807) is 0 Å². The zero-order chi connectivity index (χ0) is 6.20. The van der Waals surface area contributed by atoms with Gasteiger partial charge < -0.3 is 5.73 Å². The van der Waals surface area contributed by atoms with E-state index in [1.165, 1.54) is 0 Å². The van der Waals surface area contributed by atoms with Crippen molar-refractivity contribution in [1.29, 1.82) is 0 Å². The minimum atomic E-state index is 0.0839. The Morgan fingerprint density at radius 1 is 1.88 bits per heavy atom. The van der Waals surface area contributed by atoms with E-state index in [9.17, 15) is 0 Å². The highest BCUT2D eigenvalue weighted by molar-refractivity contribution is 14.1. The van der Waals surface area contributed by atoms with Crippen LogP contribution in [0.1, 0.15) is 6.42 Å². The van der Waals surface area contributed by atoms with Crippen molar-refractivity contribution in [2.75, 3.05) is 6.54 Å². The summed E-state index contributed by atoms with van der Waals surface area (Å²) in [4.78, 5) is 0. The molecular weight excluding hydrogens is 217 g/mol. The molecule has 3 nitrogen and oxygen atoms in total. The molecule has 0 aromatic carbocycles. The average molecular weight is 227 g/mol. The van der Waals surface area contributed by atoms with Gasteiger partial charge in [0.05, 0.1) is 5.54 Å². The van der Waals surface area contributed by atoms with E-state index in [1.807, 2.05) is 0 Å². The van der Waals surface area contributed by atoms with E-state index in [2.05, 4.69) is 28.0 Å². The van der Waals surface area contributed by atoms with Crippen LogP contribution in [-0.2, 0) is 0 Å². The molecule has 48 valence electrons. The Labute approximate surface area is 62.3 Å². The van der Waals surface area contributed by atoms with Crippen LogP contribution >= 0.6 is 22.6 Å². The number of rotatable bonds is 2. The van der Waals surface area contributed by atoms with Crippen LogP contribution in [0.5, 0.6) is 0 Å². The summed E-state index contributed by atoms with van der Waals surface area (Å²) in [6, 6.07) is 0. The van der Waals surface area contributed by atoms with Crippen LogP contribution in [0, 0.1) is 0 Å². The van der Waals surface area contributed by atoms with Gasteiger partial charge in [0, 0.05) is 10.5 Å². The largest absolute Gasteiger partial charge is 0.329 e. The lowest BCUT2D eigenvalue weighted by Crippen LogP contribution is -2.45. The van der Waals surface area contributed by atoms with Gasteiger partial charge in [-0.05, 0) is 6.42 Å². The molecular formula is C4H10IN3. The van der Waals surface area contributed by atoms with E-state index in [0.717, 1.165) is 6.42 Å². The van der Waals surface area contributed by atoms with Crippen molar-refractivity contribution in [2.45, 2.75) is 15.9 Å². The molecule has 0 heterocycles. The molecule has 5 N–H and O–H groups in total. The Hall–Kier alpha value is 0.610. The Morgan fingerprint density at radius 2 is 2.38 bits per heavy atom. The third-order valence-electron chi connectivity index (χ3n) is 1.63. The summed E-state index contributed by atoms with van der Waals surface area (Å²) in [6.45, 7) is 0.650. The van der Waals surface area contributed by atoms with Crippen LogP contribution in [0.15, 0.2) is 0 Å². The number of hydrogen-bond donors (Lipinski definition) is 3. The highest BCUT2D eigenvalue weighted by Crippen LogP contribution is 2.41. The summed E-state index contributed by atoms with van der Waals surface area (Å²) < 4.78 is 0.634. The SMILES string of the molecule is NCC1(NN)CC1I. The van der Waals surface area contributed by atoms with Gasteiger partial charge in [-0.15, -0.1) is 0 Å². The summed E-state index contributed by atoms with van der Waals surface area (Å²) in [7, 11) is 0. The monoisotopic (exact) mass is 227 g/mol. The normalized spacial score (nSPS) is 44.6. The molecule has 0 radical (unpaired) electrons. The molecule has 1 aliphatic carbocycles. The number of alkyl halides is 1. The van der Waals surface area contributed by atoms with Crippen LogP contribution in [0.2, 0.25) is 0 Å². The molecule has 0 amide bonds. The van der Waals surface area contributed by atoms with Crippen LogP contribution in [0.25, 0.3) is 0 Å². The van der Waals surface area contributed by atoms with E-state index < -0.39 is 0 Å². The van der Waals surface area contributed by atoms with E-state index >= 15 is 0 Å². The van der Waals surface area contributed by atoms with Crippen LogP contribution in [0.3, 0.4) is 0 Å². The molecule has 2 atom stereocenters. The molecule has 2 unspecified atom stereocenters. The van der Waals surface area contributed by atoms with Crippen LogP contribution in [-0.4, -0.2) is 16.0 Å². The molecule has 0 saturated heterocycles. The number of halogens is 1. The summed E-state index contributed by atoms with van der Waals surface area (Å²) in [6.07, 6.45) is 1.11. The second kappa shape index (κ2) is 2.09. The van der Waals surface area contributed by atoms with Gasteiger partial charge in [0.2, 0.25) is 0 Å².